The van der Waals surface area contributed by atoms with Crippen LogP contribution in [0.5, 0.6) is 5.75 Å². The maximum Gasteiger partial charge on any atom is 0.313 e. The van der Waals surface area contributed by atoms with E-state index in [1.165, 1.54) is 5.69 Å². The number of hydrogen-bond acceptors (Lipinski definition) is 6. The van der Waals surface area contributed by atoms with Crippen molar-refractivity contribution in [2.24, 2.45) is 0 Å². The molecule has 35 heavy (non-hydrogen) atoms. The zero-order chi connectivity index (χ0) is 24.5. The first kappa shape index (κ1) is 24.2. The number of aromatic nitrogens is 1. The molecule has 0 aliphatic carbocycles. The van der Waals surface area contributed by atoms with E-state index in [1.54, 1.807) is 30.5 Å². The minimum Gasteiger partial charge on any atom is -0.494 e. The monoisotopic (exact) mass is 473 g/mol. The quantitative estimate of drug-likeness (QED) is 0.489. The standard InChI is InChI=1S/C27H31N5O3/c1-2-35-24-12-10-22(11-13-24)30-27(34)26(33)29-20-25(21-7-6-14-28-19-21)32-17-15-31(16-18-32)23-8-4-3-5-9-23/h3-14,19,25H,2,15-18,20H2,1H3,(H,29,33)(H,30,34)/t25-/m0/s1. The molecule has 1 aliphatic rings. The molecule has 8 heteroatoms. The lowest BCUT2D eigenvalue weighted by atomic mass is 10.1. The van der Waals surface area contributed by atoms with Crippen molar-refractivity contribution in [1.29, 1.82) is 0 Å². The highest BCUT2D eigenvalue weighted by Crippen LogP contribution is 2.23. The van der Waals surface area contributed by atoms with Gasteiger partial charge in [0.25, 0.3) is 0 Å². The highest BCUT2D eigenvalue weighted by atomic mass is 16.5. The Balaban J connectivity index is 1.35. The summed E-state index contributed by atoms with van der Waals surface area (Å²) in [5.74, 6) is -0.662. The number of hydrogen-bond donors (Lipinski definition) is 2. The predicted molar refractivity (Wildman–Crippen MR) is 136 cm³/mol. The van der Waals surface area contributed by atoms with E-state index in [9.17, 15) is 9.59 Å². The first-order chi connectivity index (χ1) is 17.1. The molecule has 1 saturated heterocycles. The van der Waals surface area contributed by atoms with Crippen LogP contribution in [0.15, 0.2) is 79.1 Å². The molecule has 2 heterocycles. The summed E-state index contributed by atoms with van der Waals surface area (Å²) in [6.07, 6.45) is 3.55. The summed E-state index contributed by atoms with van der Waals surface area (Å²) in [5, 5.41) is 5.45. The molecule has 8 nitrogen and oxygen atoms in total. The number of amides is 2. The van der Waals surface area contributed by atoms with E-state index in [0.29, 0.717) is 24.6 Å². The van der Waals surface area contributed by atoms with E-state index in [4.69, 9.17) is 4.74 Å². The van der Waals surface area contributed by atoms with Gasteiger partial charge in [-0.1, -0.05) is 24.3 Å². The second-order valence-electron chi connectivity index (χ2n) is 8.28. The fraction of sp³-hybridized carbons (Fsp3) is 0.296. The van der Waals surface area contributed by atoms with Gasteiger partial charge < -0.3 is 20.3 Å². The SMILES string of the molecule is CCOc1ccc(NC(=O)C(=O)NC[C@@H](c2cccnc2)N2CCN(c3ccccc3)CC2)cc1. The van der Waals surface area contributed by atoms with Crippen molar-refractivity contribution < 1.29 is 14.3 Å². The Morgan fingerprint density at radius 3 is 2.34 bits per heavy atom. The zero-order valence-electron chi connectivity index (χ0n) is 19.9. The van der Waals surface area contributed by atoms with Gasteiger partial charge in [0.15, 0.2) is 0 Å². The molecule has 182 valence electrons. The maximum atomic E-state index is 12.6. The number of nitrogens with one attached hydrogen (secondary N) is 2. The van der Waals surface area contributed by atoms with Gasteiger partial charge in [-0.15, -0.1) is 0 Å². The second-order valence-corrected chi connectivity index (χ2v) is 8.28. The van der Waals surface area contributed by atoms with E-state index in [1.807, 2.05) is 43.5 Å². The molecule has 1 aliphatic heterocycles. The van der Waals surface area contributed by atoms with Gasteiger partial charge in [0.05, 0.1) is 12.6 Å². The summed E-state index contributed by atoms with van der Waals surface area (Å²) in [7, 11) is 0. The van der Waals surface area contributed by atoms with Crippen LogP contribution in [0.25, 0.3) is 0 Å². The molecular formula is C27H31N5O3. The average molecular weight is 474 g/mol. The Morgan fingerprint density at radius 2 is 1.69 bits per heavy atom. The lowest BCUT2D eigenvalue weighted by Gasteiger charge is -2.40. The Hall–Kier alpha value is -3.91. The number of carbonyl (C=O) groups is 2. The summed E-state index contributed by atoms with van der Waals surface area (Å²) in [6.45, 7) is 6.22. The third kappa shape index (κ3) is 6.58. The topological polar surface area (TPSA) is 86.8 Å². The van der Waals surface area contributed by atoms with E-state index in [0.717, 1.165) is 31.7 Å². The number of nitrogens with zero attached hydrogens (tertiary/aromatic N) is 3. The third-order valence-corrected chi connectivity index (χ3v) is 6.03. The Morgan fingerprint density at radius 1 is 0.943 bits per heavy atom. The third-order valence-electron chi connectivity index (χ3n) is 6.03. The molecule has 1 fully saturated rings. The molecular weight excluding hydrogens is 442 g/mol. The Kier molecular flexibility index (Phi) is 8.30. The number of para-hydroxylation sites is 1. The molecule has 4 rings (SSSR count). The maximum absolute atomic E-state index is 12.6. The van der Waals surface area contributed by atoms with Crippen LogP contribution in [0, 0.1) is 0 Å². The largest absolute Gasteiger partial charge is 0.494 e. The van der Waals surface area contributed by atoms with Crippen LogP contribution in [0.1, 0.15) is 18.5 Å². The van der Waals surface area contributed by atoms with Gasteiger partial charge in [-0.3, -0.25) is 19.5 Å². The van der Waals surface area contributed by atoms with Crippen molar-refractivity contribution in [3.63, 3.8) is 0 Å². The molecule has 2 N–H and O–H groups in total. The van der Waals surface area contributed by atoms with Gasteiger partial charge in [0.1, 0.15) is 5.75 Å². The number of anilines is 2. The number of ether oxygens (including phenoxy) is 1. The fourth-order valence-electron chi connectivity index (χ4n) is 4.22. The number of piperazine rings is 1. The first-order valence-electron chi connectivity index (χ1n) is 11.9. The number of benzene rings is 2. The molecule has 2 aromatic carbocycles. The van der Waals surface area contributed by atoms with Crippen molar-refractivity contribution in [3.05, 3.63) is 84.7 Å². The molecule has 0 saturated carbocycles. The van der Waals surface area contributed by atoms with E-state index >= 15 is 0 Å². The van der Waals surface area contributed by atoms with Crippen molar-refractivity contribution in [2.45, 2.75) is 13.0 Å². The normalized spacial score (nSPS) is 14.7. The van der Waals surface area contributed by atoms with Gasteiger partial charge in [-0.2, -0.15) is 0 Å². The molecule has 3 aromatic rings. The van der Waals surface area contributed by atoms with Gasteiger partial charge in [-0.05, 0) is 55.0 Å². The number of pyridine rings is 1. The average Bonchev–Trinajstić information content (AvgIpc) is 2.91. The molecule has 0 spiro atoms. The Labute approximate surface area is 205 Å². The molecule has 0 unspecified atom stereocenters. The van der Waals surface area contributed by atoms with Crippen molar-refractivity contribution in [2.75, 3.05) is 49.5 Å². The van der Waals surface area contributed by atoms with Crippen LogP contribution < -0.4 is 20.3 Å². The molecule has 1 atom stereocenters. The van der Waals surface area contributed by atoms with E-state index < -0.39 is 11.8 Å². The summed E-state index contributed by atoms with van der Waals surface area (Å²) >= 11 is 0. The van der Waals surface area contributed by atoms with Crippen LogP contribution in [-0.2, 0) is 9.59 Å². The number of rotatable bonds is 8. The summed E-state index contributed by atoms with van der Waals surface area (Å²) in [5.41, 5.74) is 2.76. The molecule has 2 amide bonds. The van der Waals surface area contributed by atoms with Crippen LogP contribution in [0.2, 0.25) is 0 Å². The van der Waals surface area contributed by atoms with Gasteiger partial charge >= 0.3 is 11.8 Å². The van der Waals surface area contributed by atoms with Gasteiger partial charge in [-0.25, -0.2) is 0 Å². The lowest BCUT2D eigenvalue weighted by molar-refractivity contribution is -0.136. The van der Waals surface area contributed by atoms with E-state index in [2.05, 4.69) is 37.6 Å². The van der Waals surface area contributed by atoms with Crippen LogP contribution in [0.3, 0.4) is 0 Å². The minimum absolute atomic E-state index is 0.0798. The van der Waals surface area contributed by atoms with Crippen molar-refractivity contribution >= 4 is 23.2 Å². The Bertz CT molecular complexity index is 1080. The fourth-order valence-corrected chi connectivity index (χ4v) is 4.22. The lowest BCUT2D eigenvalue weighted by Crippen LogP contribution is -2.50. The molecule has 0 radical (unpaired) electrons. The highest BCUT2D eigenvalue weighted by Gasteiger charge is 2.26. The van der Waals surface area contributed by atoms with Crippen LogP contribution in [0.4, 0.5) is 11.4 Å². The van der Waals surface area contributed by atoms with Crippen LogP contribution >= 0.6 is 0 Å². The first-order valence-corrected chi connectivity index (χ1v) is 11.9. The zero-order valence-corrected chi connectivity index (χ0v) is 19.9. The molecule has 0 bridgehead atoms. The van der Waals surface area contributed by atoms with Crippen LogP contribution in [-0.4, -0.2) is 61.0 Å². The molecule has 1 aromatic heterocycles. The van der Waals surface area contributed by atoms with E-state index in [-0.39, 0.29) is 6.04 Å². The number of carbonyl (C=O) groups excluding carboxylic acids is 2. The summed E-state index contributed by atoms with van der Waals surface area (Å²) in [6, 6.07) is 21.1. The van der Waals surface area contributed by atoms with Gasteiger partial charge in [0.2, 0.25) is 0 Å². The second kappa shape index (κ2) is 12.0. The highest BCUT2D eigenvalue weighted by molar-refractivity contribution is 6.39. The smallest absolute Gasteiger partial charge is 0.313 e. The van der Waals surface area contributed by atoms with Gasteiger partial charge in [0, 0.05) is 56.5 Å². The summed E-state index contributed by atoms with van der Waals surface area (Å²) in [4.78, 5) is 34.0. The predicted octanol–water partition coefficient (Wildman–Crippen LogP) is 3.10. The van der Waals surface area contributed by atoms with Crippen molar-refractivity contribution in [3.8, 4) is 5.75 Å². The van der Waals surface area contributed by atoms with Crippen molar-refractivity contribution in [1.82, 2.24) is 15.2 Å². The minimum atomic E-state index is -0.701. The summed E-state index contributed by atoms with van der Waals surface area (Å²) < 4.78 is 5.40.